The van der Waals surface area contributed by atoms with Crippen LogP contribution in [0.3, 0.4) is 0 Å². The van der Waals surface area contributed by atoms with Crippen molar-refractivity contribution < 1.29 is 14.6 Å². The van der Waals surface area contributed by atoms with E-state index >= 15 is 0 Å². The molecule has 1 N–H and O–H groups in total. The second-order valence-electron chi connectivity index (χ2n) is 5.28. The Morgan fingerprint density at radius 1 is 1.48 bits per heavy atom. The second kappa shape index (κ2) is 7.09. The van der Waals surface area contributed by atoms with E-state index in [0.29, 0.717) is 25.6 Å². The van der Waals surface area contributed by atoms with Crippen LogP contribution in [0.25, 0.3) is 0 Å². The Morgan fingerprint density at radius 2 is 2.14 bits per heavy atom. The van der Waals surface area contributed by atoms with Crippen molar-refractivity contribution in [1.82, 2.24) is 14.8 Å². The summed E-state index contributed by atoms with van der Waals surface area (Å²) in [4.78, 5) is 18.9. The van der Waals surface area contributed by atoms with E-state index in [2.05, 4.69) is 25.8 Å². The summed E-state index contributed by atoms with van der Waals surface area (Å²) in [5, 5.41) is 9.08. The molecule has 0 bridgehead atoms. The van der Waals surface area contributed by atoms with Crippen LogP contribution in [0, 0.1) is 0 Å². The number of amides is 1. The number of rotatable bonds is 4. The van der Waals surface area contributed by atoms with E-state index in [-0.39, 0.29) is 12.1 Å². The van der Waals surface area contributed by atoms with Gasteiger partial charge in [-0.1, -0.05) is 15.9 Å². The number of aromatic nitrogens is 1. The van der Waals surface area contributed by atoms with Crippen LogP contribution in [0.1, 0.15) is 13.8 Å². The Labute approximate surface area is 132 Å². The van der Waals surface area contributed by atoms with Gasteiger partial charge in [0.05, 0.1) is 0 Å². The number of hydrogen-bond acceptors (Lipinski definition) is 4. The Kier molecular flexibility index (Phi) is 5.41. The molecule has 1 aliphatic rings. The van der Waals surface area contributed by atoms with Gasteiger partial charge in [-0.3, -0.25) is 4.90 Å². The lowest BCUT2D eigenvalue weighted by Crippen LogP contribution is -2.58. The zero-order chi connectivity index (χ0) is 15.4. The smallest absolute Gasteiger partial charge is 0.407 e. The van der Waals surface area contributed by atoms with E-state index in [0.717, 1.165) is 11.0 Å². The Hall–Kier alpha value is -1.34. The highest BCUT2D eigenvalue weighted by Gasteiger charge is 2.31. The van der Waals surface area contributed by atoms with Gasteiger partial charge >= 0.3 is 6.09 Å². The molecule has 0 saturated carbocycles. The maximum Gasteiger partial charge on any atom is 0.407 e. The molecule has 0 spiro atoms. The molecular weight excluding hydrogens is 338 g/mol. The number of ether oxygens (including phenoxy) is 1. The largest absolute Gasteiger partial charge is 0.476 e. The third-order valence-corrected chi connectivity index (χ3v) is 4.16. The molecule has 0 radical (unpaired) electrons. The standard InChI is InChI=1S/C14H20BrN3O3/c1-10-8-17(14(19)20)9-11(2)18(10)5-6-21-13-7-12(15)3-4-16-13/h3-4,7,10-11H,5-6,8-9H2,1-2H3,(H,19,20)/t10-,11?/m0/s1. The van der Waals surface area contributed by atoms with Gasteiger partial charge in [0.15, 0.2) is 0 Å². The molecule has 1 aromatic rings. The van der Waals surface area contributed by atoms with Gasteiger partial charge in [-0.2, -0.15) is 0 Å². The minimum absolute atomic E-state index is 0.184. The Bertz CT molecular complexity index is 488. The van der Waals surface area contributed by atoms with Gasteiger partial charge in [0.25, 0.3) is 0 Å². The number of carboxylic acid groups (broad SMARTS) is 1. The van der Waals surface area contributed by atoms with Crippen LogP contribution in [-0.4, -0.2) is 64.3 Å². The van der Waals surface area contributed by atoms with Crippen molar-refractivity contribution >= 4 is 22.0 Å². The van der Waals surface area contributed by atoms with Gasteiger partial charge in [0.1, 0.15) is 6.61 Å². The lowest BCUT2D eigenvalue weighted by atomic mass is 10.1. The molecule has 1 amide bonds. The van der Waals surface area contributed by atoms with Crippen LogP contribution in [0.2, 0.25) is 0 Å². The fraction of sp³-hybridized carbons (Fsp3) is 0.571. The first-order chi connectivity index (χ1) is 9.97. The quantitative estimate of drug-likeness (QED) is 0.895. The van der Waals surface area contributed by atoms with Gasteiger partial charge in [-0.15, -0.1) is 0 Å². The normalized spacial score (nSPS) is 23.1. The maximum atomic E-state index is 11.1. The lowest BCUT2D eigenvalue weighted by molar-refractivity contribution is 0.0319. The molecule has 2 rings (SSSR count). The molecule has 1 aliphatic heterocycles. The summed E-state index contributed by atoms with van der Waals surface area (Å²) in [7, 11) is 0. The van der Waals surface area contributed by atoms with Crippen molar-refractivity contribution in [3.8, 4) is 5.88 Å². The van der Waals surface area contributed by atoms with E-state index in [1.54, 1.807) is 6.20 Å². The van der Waals surface area contributed by atoms with Gasteiger partial charge in [0, 0.05) is 48.5 Å². The molecule has 2 atom stereocenters. The molecule has 7 heteroatoms. The van der Waals surface area contributed by atoms with E-state index in [9.17, 15) is 4.79 Å². The topological polar surface area (TPSA) is 65.9 Å². The van der Waals surface area contributed by atoms with E-state index in [4.69, 9.17) is 9.84 Å². The third-order valence-electron chi connectivity index (χ3n) is 3.67. The van der Waals surface area contributed by atoms with E-state index in [1.807, 2.05) is 26.0 Å². The number of nitrogens with zero attached hydrogens (tertiary/aromatic N) is 3. The number of piperazine rings is 1. The van der Waals surface area contributed by atoms with Crippen LogP contribution in [0.15, 0.2) is 22.8 Å². The molecule has 6 nitrogen and oxygen atoms in total. The minimum Gasteiger partial charge on any atom is -0.476 e. The predicted molar refractivity (Wildman–Crippen MR) is 82.7 cm³/mol. The first kappa shape index (κ1) is 16.0. The summed E-state index contributed by atoms with van der Waals surface area (Å²) in [6.07, 6.45) is 0.846. The summed E-state index contributed by atoms with van der Waals surface area (Å²) in [5.41, 5.74) is 0. The third kappa shape index (κ3) is 4.31. The van der Waals surface area contributed by atoms with Gasteiger partial charge in [-0.05, 0) is 19.9 Å². The van der Waals surface area contributed by atoms with Crippen LogP contribution in [0.5, 0.6) is 5.88 Å². The highest BCUT2D eigenvalue weighted by molar-refractivity contribution is 9.10. The van der Waals surface area contributed by atoms with Gasteiger partial charge in [-0.25, -0.2) is 9.78 Å². The first-order valence-corrected chi connectivity index (χ1v) is 7.74. The Morgan fingerprint density at radius 3 is 2.71 bits per heavy atom. The molecule has 0 aromatic carbocycles. The monoisotopic (exact) mass is 357 g/mol. The van der Waals surface area contributed by atoms with E-state index < -0.39 is 6.09 Å². The van der Waals surface area contributed by atoms with Crippen molar-refractivity contribution in [2.75, 3.05) is 26.2 Å². The second-order valence-corrected chi connectivity index (χ2v) is 6.20. The molecule has 1 fully saturated rings. The molecule has 1 unspecified atom stereocenters. The zero-order valence-electron chi connectivity index (χ0n) is 12.2. The zero-order valence-corrected chi connectivity index (χ0v) is 13.8. The molecule has 1 saturated heterocycles. The molecule has 1 aromatic heterocycles. The molecule has 2 heterocycles. The number of hydrogen-bond donors (Lipinski definition) is 1. The van der Waals surface area contributed by atoms with Crippen LogP contribution in [-0.2, 0) is 0 Å². The molecule has 116 valence electrons. The van der Waals surface area contributed by atoms with Crippen molar-refractivity contribution in [2.45, 2.75) is 25.9 Å². The van der Waals surface area contributed by atoms with Crippen molar-refractivity contribution in [3.63, 3.8) is 0 Å². The van der Waals surface area contributed by atoms with Gasteiger partial charge < -0.3 is 14.7 Å². The maximum absolute atomic E-state index is 11.1. The van der Waals surface area contributed by atoms with Gasteiger partial charge in [0.2, 0.25) is 5.88 Å². The van der Waals surface area contributed by atoms with Crippen molar-refractivity contribution in [3.05, 3.63) is 22.8 Å². The fourth-order valence-corrected chi connectivity index (χ4v) is 2.99. The summed E-state index contributed by atoms with van der Waals surface area (Å²) in [6.45, 7) is 6.45. The minimum atomic E-state index is -0.845. The predicted octanol–water partition coefficient (Wildman–Crippen LogP) is 2.30. The Balaban J connectivity index is 1.84. The highest BCUT2D eigenvalue weighted by atomic mass is 79.9. The van der Waals surface area contributed by atoms with E-state index in [1.165, 1.54) is 4.90 Å². The fourth-order valence-electron chi connectivity index (χ4n) is 2.67. The average Bonchev–Trinajstić information content (AvgIpc) is 2.41. The number of halogens is 1. The van der Waals surface area contributed by atoms with Crippen LogP contribution >= 0.6 is 15.9 Å². The summed E-state index contributed by atoms with van der Waals surface area (Å²) in [5.74, 6) is 0.592. The molecular formula is C14H20BrN3O3. The number of carbonyl (C=O) groups is 1. The highest BCUT2D eigenvalue weighted by Crippen LogP contribution is 2.17. The summed E-state index contributed by atoms with van der Waals surface area (Å²) in [6, 6.07) is 4.05. The van der Waals surface area contributed by atoms with Crippen molar-refractivity contribution in [1.29, 1.82) is 0 Å². The van der Waals surface area contributed by atoms with Crippen LogP contribution in [0.4, 0.5) is 4.79 Å². The van der Waals surface area contributed by atoms with Crippen molar-refractivity contribution in [2.24, 2.45) is 0 Å². The first-order valence-electron chi connectivity index (χ1n) is 6.95. The summed E-state index contributed by atoms with van der Waals surface area (Å²) < 4.78 is 6.58. The lowest BCUT2D eigenvalue weighted by Gasteiger charge is -2.43. The SMILES string of the molecule is CC1CN(C(=O)O)C[C@H](C)N1CCOc1cc(Br)ccn1. The number of pyridine rings is 1. The summed E-state index contributed by atoms with van der Waals surface area (Å²) >= 11 is 3.38. The molecule has 0 aliphatic carbocycles. The molecule has 21 heavy (non-hydrogen) atoms. The van der Waals surface area contributed by atoms with Crippen LogP contribution < -0.4 is 4.74 Å². The average molecular weight is 358 g/mol.